The highest BCUT2D eigenvalue weighted by atomic mass is 79.9. The molecule has 90 valence electrons. The van der Waals surface area contributed by atoms with E-state index in [1.165, 1.54) is 40.8 Å². The summed E-state index contributed by atoms with van der Waals surface area (Å²) in [4.78, 5) is 1.47. The van der Waals surface area contributed by atoms with Crippen LogP contribution >= 0.6 is 27.3 Å². The summed E-state index contributed by atoms with van der Waals surface area (Å²) in [7, 11) is 2.10. The van der Waals surface area contributed by atoms with Crippen molar-refractivity contribution in [1.82, 2.24) is 5.32 Å². The minimum Gasteiger partial charge on any atom is -0.312 e. The summed E-state index contributed by atoms with van der Waals surface area (Å²) in [6.07, 6.45) is 6.91. The van der Waals surface area contributed by atoms with Crippen molar-refractivity contribution in [3.63, 3.8) is 0 Å². The SMILES string of the molecule is CNC(c1ccc(Br)s1)C1(C)CCCCC1. The van der Waals surface area contributed by atoms with E-state index >= 15 is 0 Å². The van der Waals surface area contributed by atoms with Gasteiger partial charge in [0.05, 0.1) is 3.79 Å². The number of thiophene rings is 1. The van der Waals surface area contributed by atoms with Crippen molar-refractivity contribution in [2.24, 2.45) is 5.41 Å². The Labute approximate surface area is 111 Å². The van der Waals surface area contributed by atoms with Crippen LogP contribution in [0.4, 0.5) is 0 Å². The van der Waals surface area contributed by atoms with Gasteiger partial charge in [-0.05, 0) is 53.4 Å². The summed E-state index contributed by atoms with van der Waals surface area (Å²) in [5.74, 6) is 0. The minimum atomic E-state index is 0.442. The zero-order valence-corrected chi connectivity index (χ0v) is 12.5. The van der Waals surface area contributed by atoms with Gasteiger partial charge in [0.25, 0.3) is 0 Å². The van der Waals surface area contributed by atoms with Crippen LogP contribution in [0.2, 0.25) is 0 Å². The average molecular weight is 302 g/mol. The van der Waals surface area contributed by atoms with E-state index in [2.05, 4.69) is 47.4 Å². The molecule has 1 saturated carbocycles. The summed E-state index contributed by atoms with van der Waals surface area (Å²) >= 11 is 5.43. The van der Waals surface area contributed by atoms with E-state index in [1.807, 2.05) is 11.3 Å². The molecule has 3 heteroatoms. The molecule has 0 aromatic carbocycles. The Kier molecular flexibility index (Phi) is 4.09. The highest BCUT2D eigenvalue weighted by molar-refractivity contribution is 9.11. The topological polar surface area (TPSA) is 12.0 Å². The van der Waals surface area contributed by atoms with Crippen molar-refractivity contribution in [2.45, 2.75) is 45.1 Å². The van der Waals surface area contributed by atoms with Gasteiger partial charge in [0.1, 0.15) is 0 Å². The van der Waals surface area contributed by atoms with Crippen LogP contribution in [-0.2, 0) is 0 Å². The average Bonchev–Trinajstić information content (AvgIpc) is 2.66. The van der Waals surface area contributed by atoms with E-state index in [0.717, 1.165) is 0 Å². The number of hydrogen-bond donors (Lipinski definition) is 1. The molecule has 2 rings (SSSR count). The smallest absolute Gasteiger partial charge is 0.0701 e. The van der Waals surface area contributed by atoms with Crippen LogP contribution in [-0.4, -0.2) is 7.05 Å². The number of hydrogen-bond acceptors (Lipinski definition) is 2. The van der Waals surface area contributed by atoms with Gasteiger partial charge in [0.2, 0.25) is 0 Å². The number of nitrogens with one attached hydrogen (secondary N) is 1. The zero-order chi connectivity index (χ0) is 11.6. The fraction of sp³-hybridized carbons (Fsp3) is 0.692. The molecule has 1 aromatic heterocycles. The standard InChI is InChI=1S/C13H20BrNS/c1-13(8-4-3-5-9-13)12(15-2)10-6-7-11(14)16-10/h6-7,12,15H,3-5,8-9H2,1-2H3. The molecule has 0 bridgehead atoms. The highest BCUT2D eigenvalue weighted by Crippen LogP contribution is 2.47. The molecule has 1 aromatic rings. The quantitative estimate of drug-likeness (QED) is 0.850. The molecule has 1 N–H and O–H groups in total. The second-order valence-electron chi connectivity index (χ2n) is 5.08. The first-order valence-corrected chi connectivity index (χ1v) is 7.69. The van der Waals surface area contributed by atoms with Crippen molar-refractivity contribution in [1.29, 1.82) is 0 Å². The molecule has 1 heterocycles. The Balaban J connectivity index is 2.20. The molecule has 0 radical (unpaired) electrons. The highest BCUT2D eigenvalue weighted by Gasteiger charge is 2.36. The number of rotatable bonds is 3. The van der Waals surface area contributed by atoms with Crippen molar-refractivity contribution < 1.29 is 0 Å². The lowest BCUT2D eigenvalue weighted by molar-refractivity contribution is 0.152. The monoisotopic (exact) mass is 301 g/mol. The molecule has 0 saturated heterocycles. The molecule has 1 atom stereocenters. The second-order valence-corrected chi connectivity index (χ2v) is 7.57. The lowest BCUT2D eigenvalue weighted by Gasteiger charge is -2.40. The van der Waals surface area contributed by atoms with Gasteiger partial charge in [-0.2, -0.15) is 0 Å². The van der Waals surface area contributed by atoms with Crippen LogP contribution in [0, 0.1) is 5.41 Å². The third-order valence-electron chi connectivity index (χ3n) is 3.86. The largest absolute Gasteiger partial charge is 0.312 e. The van der Waals surface area contributed by atoms with Crippen LogP contribution < -0.4 is 5.32 Å². The Bertz CT molecular complexity index is 341. The van der Waals surface area contributed by atoms with E-state index < -0.39 is 0 Å². The van der Waals surface area contributed by atoms with Gasteiger partial charge in [-0.25, -0.2) is 0 Å². The summed E-state index contributed by atoms with van der Waals surface area (Å²) in [6, 6.07) is 4.94. The van der Waals surface area contributed by atoms with Gasteiger partial charge in [-0.3, -0.25) is 0 Å². The first-order chi connectivity index (χ1) is 7.65. The summed E-state index contributed by atoms with van der Waals surface area (Å²) in [5.41, 5.74) is 0.442. The van der Waals surface area contributed by atoms with E-state index in [4.69, 9.17) is 0 Å². The first-order valence-electron chi connectivity index (χ1n) is 6.08. The number of halogens is 1. The molecule has 16 heavy (non-hydrogen) atoms. The fourth-order valence-electron chi connectivity index (χ4n) is 2.97. The fourth-order valence-corrected chi connectivity index (χ4v) is 4.68. The van der Waals surface area contributed by atoms with Gasteiger partial charge in [-0.1, -0.05) is 26.2 Å². The maximum atomic E-state index is 3.56. The van der Waals surface area contributed by atoms with Crippen LogP contribution in [0.3, 0.4) is 0 Å². The Morgan fingerprint density at radius 2 is 2.00 bits per heavy atom. The summed E-state index contributed by atoms with van der Waals surface area (Å²) in [5, 5.41) is 3.53. The predicted octanol–water partition coefficient (Wildman–Crippen LogP) is 4.74. The molecule has 0 amide bonds. The van der Waals surface area contributed by atoms with Crippen molar-refractivity contribution in [2.75, 3.05) is 7.05 Å². The molecule has 1 unspecified atom stereocenters. The molecule has 1 aliphatic carbocycles. The van der Waals surface area contributed by atoms with Gasteiger partial charge < -0.3 is 5.32 Å². The third-order valence-corrected chi connectivity index (χ3v) is 5.55. The summed E-state index contributed by atoms with van der Waals surface area (Å²) in [6.45, 7) is 2.45. The Morgan fingerprint density at radius 1 is 1.31 bits per heavy atom. The molecule has 1 fully saturated rings. The van der Waals surface area contributed by atoms with Crippen LogP contribution in [0.5, 0.6) is 0 Å². The first kappa shape index (κ1) is 12.6. The van der Waals surface area contributed by atoms with Crippen LogP contribution in [0.15, 0.2) is 15.9 Å². The van der Waals surface area contributed by atoms with Crippen molar-refractivity contribution in [3.8, 4) is 0 Å². The maximum absolute atomic E-state index is 3.56. The van der Waals surface area contributed by atoms with E-state index in [1.54, 1.807) is 0 Å². The molecule has 1 nitrogen and oxygen atoms in total. The maximum Gasteiger partial charge on any atom is 0.0701 e. The Hall–Kier alpha value is 0.140. The minimum absolute atomic E-state index is 0.442. The van der Waals surface area contributed by atoms with Gasteiger partial charge in [0, 0.05) is 10.9 Å². The molecule has 0 aliphatic heterocycles. The molecular formula is C13H20BrNS. The van der Waals surface area contributed by atoms with E-state index in [0.29, 0.717) is 11.5 Å². The van der Waals surface area contributed by atoms with Gasteiger partial charge >= 0.3 is 0 Å². The van der Waals surface area contributed by atoms with Crippen LogP contribution in [0.1, 0.15) is 49.9 Å². The molecule has 0 spiro atoms. The second kappa shape index (κ2) is 5.19. The predicted molar refractivity (Wildman–Crippen MR) is 75.0 cm³/mol. The molecule has 1 aliphatic rings. The summed E-state index contributed by atoms with van der Waals surface area (Å²) < 4.78 is 1.24. The van der Waals surface area contributed by atoms with E-state index in [-0.39, 0.29) is 0 Å². The normalized spacial score (nSPS) is 21.9. The van der Waals surface area contributed by atoms with Crippen molar-refractivity contribution in [3.05, 3.63) is 20.8 Å². The Morgan fingerprint density at radius 3 is 2.50 bits per heavy atom. The van der Waals surface area contributed by atoms with Gasteiger partial charge in [0.15, 0.2) is 0 Å². The lowest BCUT2D eigenvalue weighted by Crippen LogP contribution is -2.35. The van der Waals surface area contributed by atoms with Gasteiger partial charge in [-0.15, -0.1) is 11.3 Å². The van der Waals surface area contributed by atoms with Crippen molar-refractivity contribution >= 4 is 27.3 Å². The third kappa shape index (κ3) is 2.52. The zero-order valence-electron chi connectivity index (χ0n) is 10.1. The lowest BCUT2D eigenvalue weighted by atomic mass is 9.70. The van der Waals surface area contributed by atoms with E-state index in [9.17, 15) is 0 Å². The van der Waals surface area contributed by atoms with Crippen LogP contribution in [0.25, 0.3) is 0 Å². The molecular weight excluding hydrogens is 282 g/mol.